The van der Waals surface area contributed by atoms with E-state index in [1.807, 2.05) is 48.5 Å². The fourth-order valence-electron chi connectivity index (χ4n) is 4.31. The van der Waals surface area contributed by atoms with Crippen molar-refractivity contribution in [2.24, 2.45) is 0 Å². The summed E-state index contributed by atoms with van der Waals surface area (Å²) in [4.78, 5) is 17.6. The fourth-order valence-corrected chi connectivity index (χ4v) is 4.31. The fraction of sp³-hybridized carbons (Fsp3) is 0.214. The lowest BCUT2D eigenvalue weighted by molar-refractivity contribution is 0.101. The first-order valence-corrected chi connectivity index (χ1v) is 11.7. The molecule has 1 fully saturated rings. The molecule has 2 heterocycles. The van der Waals surface area contributed by atoms with E-state index in [4.69, 9.17) is 9.26 Å². The largest absolute Gasteiger partial charge is 0.496 e. The van der Waals surface area contributed by atoms with E-state index in [0.717, 1.165) is 44.0 Å². The van der Waals surface area contributed by atoms with E-state index in [0.29, 0.717) is 17.2 Å². The topological polar surface area (TPSA) is 70.8 Å². The van der Waals surface area contributed by atoms with Gasteiger partial charge in [-0.1, -0.05) is 47.6 Å². The minimum Gasteiger partial charge on any atom is -0.496 e. The third-order valence-electron chi connectivity index (χ3n) is 6.23. The zero-order valence-electron chi connectivity index (χ0n) is 19.7. The molecule has 0 radical (unpaired) electrons. The Morgan fingerprint density at radius 3 is 2.40 bits per heavy atom. The first kappa shape index (κ1) is 22.7. The van der Waals surface area contributed by atoms with Crippen molar-refractivity contribution in [2.45, 2.75) is 6.54 Å². The van der Waals surface area contributed by atoms with Crippen LogP contribution in [0.5, 0.6) is 5.75 Å². The molecule has 1 saturated heterocycles. The van der Waals surface area contributed by atoms with Gasteiger partial charge in [-0.3, -0.25) is 9.69 Å². The van der Waals surface area contributed by atoms with E-state index in [1.54, 1.807) is 13.2 Å². The summed E-state index contributed by atoms with van der Waals surface area (Å²) < 4.78 is 10.8. The third-order valence-corrected chi connectivity index (χ3v) is 6.23. The molecular formula is C28H28N4O3. The van der Waals surface area contributed by atoms with Crippen molar-refractivity contribution in [1.29, 1.82) is 0 Å². The van der Waals surface area contributed by atoms with Gasteiger partial charge in [0.25, 0.3) is 5.91 Å². The smallest absolute Gasteiger partial charge is 0.277 e. The summed E-state index contributed by atoms with van der Waals surface area (Å²) in [7, 11) is 1.59. The lowest BCUT2D eigenvalue weighted by Gasteiger charge is -2.36. The third kappa shape index (κ3) is 5.36. The lowest BCUT2D eigenvalue weighted by Crippen LogP contribution is -2.45. The number of ether oxygens (including phenoxy) is 1. The maximum atomic E-state index is 12.7. The second-order valence-electron chi connectivity index (χ2n) is 8.53. The Labute approximate surface area is 204 Å². The van der Waals surface area contributed by atoms with E-state index >= 15 is 0 Å². The number of amides is 1. The molecule has 0 bridgehead atoms. The van der Waals surface area contributed by atoms with Crippen molar-refractivity contribution in [3.8, 4) is 17.1 Å². The molecule has 1 aliphatic heterocycles. The minimum absolute atomic E-state index is 0.213. The van der Waals surface area contributed by atoms with Crippen LogP contribution in [-0.4, -0.2) is 49.3 Å². The molecule has 1 aromatic heterocycles. The van der Waals surface area contributed by atoms with Gasteiger partial charge in [-0.25, -0.2) is 0 Å². The number of benzene rings is 3. The van der Waals surface area contributed by atoms with Crippen molar-refractivity contribution in [3.05, 3.63) is 96.2 Å². The number of nitrogens with one attached hydrogen (secondary N) is 1. The van der Waals surface area contributed by atoms with Crippen LogP contribution >= 0.6 is 0 Å². The van der Waals surface area contributed by atoms with Crippen molar-refractivity contribution < 1.29 is 14.1 Å². The van der Waals surface area contributed by atoms with Crippen molar-refractivity contribution in [1.82, 2.24) is 10.1 Å². The van der Waals surface area contributed by atoms with E-state index in [9.17, 15) is 4.79 Å². The molecule has 7 nitrogen and oxygen atoms in total. The monoisotopic (exact) mass is 468 g/mol. The Kier molecular flexibility index (Phi) is 6.77. The highest BCUT2D eigenvalue weighted by molar-refractivity contribution is 6.03. The molecule has 5 rings (SSSR count). The number of carbonyl (C=O) groups is 1. The Morgan fingerprint density at radius 2 is 1.66 bits per heavy atom. The number of rotatable bonds is 7. The first-order chi connectivity index (χ1) is 17.2. The molecule has 0 unspecified atom stereocenters. The van der Waals surface area contributed by atoms with Gasteiger partial charge in [0.05, 0.1) is 12.7 Å². The Balaban J connectivity index is 1.16. The summed E-state index contributed by atoms with van der Waals surface area (Å²) in [5.74, 6) is 0.818. The molecule has 1 N–H and O–H groups in total. The molecule has 0 aliphatic carbocycles. The van der Waals surface area contributed by atoms with E-state index in [1.165, 1.54) is 5.56 Å². The quantitative estimate of drug-likeness (QED) is 0.415. The predicted octanol–water partition coefficient (Wildman–Crippen LogP) is 4.92. The number of nitrogens with zero attached hydrogens (tertiary/aromatic N) is 3. The van der Waals surface area contributed by atoms with Gasteiger partial charge >= 0.3 is 0 Å². The number of hydrogen-bond donors (Lipinski definition) is 1. The van der Waals surface area contributed by atoms with Gasteiger partial charge in [0, 0.05) is 50.2 Å². The number of carbonyl (C=O) groups excluding carboxylic acids is 1. The highest BCUT2D eigenvalue weighted by Crippen LogP contribution is 2.30. The second-order valence-corrected chi connectivity index (χ2v) is 8.53. The molecule has 1 amide bonds. The van der Waals surface area contributed by atoms with Gasteiger partial charge in [0.1, 0.15) is 5.75 Å². The number of para-hydroxylation sites is 1. The highest BCUT2D eigenvalue weighted by atomic mass is 16.5. The molecule has 0 spiro atoms. The summed E-state index contributed by atoms with van der Waals surface area (Å²) in [6, 6.07) is 27.6. The van der Waals surface area contributed by atoms with Gasteiger partial charge in [0.15, 0.2) is 11.5 Å². The normalized spacial score (nSPS) is 14.0. The summed E-state index contributed by atoms with van der Waals surface area (Å²) in [6.45, 7) is 4.98. The predicted molar refractivity (Wildman–Crippen MR) is 137 cm³/mol. The number of piperazine rings is 1. The number of hydrogen-bond acceptors (Lipinski definition) is 6. The van der Waals surface area contributed by atoms with Gasteiger partial charge in [-0.2, -0.15) is 0 Å². The van der Waals surface area contributed by atoms with E-state index in [-0.39, 0.29) is 11.6 Å². The Hall–Kier alpha value is -4.10. The molecule has 0 atom stereocenters. The van der Waals surface area contributed by atoms with Crippen molar-refractivity contribution in [3.63, 3.8) is 0 Å². The minimum atomic E-state index is -0.322. The highest BCUT2D eigenvalue weighted by Gasteiger charge is 2.19. The zero-order valence-corrected chi connectivity index (χ0v) is 19.7. The average molecular weight is 469 g/mol. The van der Waals surface area contributed by atoms with Gasteiger partial charge in [0.2, 0.25) is 0 Å². The average Bonchev–Trinajstić information content (AvgIpc) is 3.41. The summed E-state index contributed by atoms with van der Waals surface area (Å²) >= 11 is 0. The van der Waals surface area contributed by atoms with Crippen LogP contribution in [-0.2, 0) is 6.54 Å². The molecule has 0 saturated carbocycles. The van der Waals surface area contributed by atoms with Crippen LogP contribution < -0.4 is 15.0 Å². The first-order valence-electron chi connectivity index (χ1n) is 11.7. The Bertz CT molecular complexity index is 1260. The van der Waals surface area contributed by atoms with Crippen LogP contribution in [0.25, 0.3) is 11.3 Å². The number of aromatic nitrogens is 1. The standard InChI is InChI=1S/C28H28N4O3/c1-34-26-10-6-5-9-24(26)27-19-25(30-35-27)28(33)29-22-11-13-23(14-12-22)32-17-15-31(16-18-32)20-21-7-3-2-4-8-21/h2-14,19H,15-18,20H2,1H3,(H,29,33). The second kappa shape index (κ2) is 10.4. The van der Waals surface area contributed by atoms with Crippen LogP contribution in [0.3, 0.4) is 0 Å². The van der Waals surface area contributed by atoms with Crippen LogP contribution in [0.15, 0.2) is 89.5 Å². The van der Waals surface area contributed by atoms with Gasteiger partial charge in [-0.15, -0.1) is 0 Å². The van der Waals surface area contributed by atoms with Crippen LogP contribution in [0.2, 0.25) is 0 Å². The van der Waals surface area contributed by atoms with Crippen molar-refractivity contribution >= 4 is 17.3 Å². The van der Waals surface area contributed by atoms with E-state index in [2.05, 4.69) is 50.6 Å². The summed E-state index contributed by atoms with van der Waals surface area (Å²) in [6.07, 6.45) is 0. The summed E-state index contributed by atoms with van der Waals surface area (Å²) in [5.41, 5.74) is 4.17. The van der Waals surface area contributed by atoms with Gasteiger partial charge < -0.3 is 19.5 Å². The SMILES string of the molecule is COc1ccccc1-c1cc(C(=O)Nc2ccc(N3CCN(Cc4ccccc4)CC3)cc2)no1. The van der Waals surface area contributed by atoms with E-state index < -0.39 is 0 Å². The Morgan fingerprint density at radius 1 is 0.943 bits per heavy atom. The molecular weight excluding hydrogens is 440 g/mol. The number of anilines is 2. The molecule has 7 heteroatoms. The summed E-state index contributed by atoms with van der Waals surface area (Å²) in [5, 5.41) is 6.83. The number of methoxy groups -OCH3 is 1. The maximum Gasteiger partial charge on any atom is 0.277 e. The molecule has 35 heavy (non-hydrogen) atoms. The van der Waals surface area contributed by atoms with Crippen LogP contribution in [0.4, 0.5) is 11.4 Å². The molecule has 1 aliphatic rings. The molecule has 178 valence electrons. The lowest BCUT2D eigenvalue weighted by atomic mass is 10.1. The molecule has 3 aromatic carbocycles. The zero-order chi connectivity index (χ0) is 24.0. The van der Waals surface area contributed by atoms with Crippen molar-refractivity contribution in [2.75, 3.05) is 43.5 Å². The maximum absolute atomic E-state index is 12.7. The van der Waals surface area contributed by atoms with Crippen LogP contribution in [0, 0.1) is 0 Å². The van der Waals surface area contributed by atoms with Crippen LogP contribution in [0.1, 0.15) is 16.1 Å². The molecule has 4 aromatic rings. The van der Waals surface area contributed by atoms with Gasteiger partial charge in [-0.05, 0) is 42.0 Å².